The Morgan fingerprint density at radius 3 is 2.38 bits per heavy atom. The Morgan fingerprint density at radius 1 is 0.810 bits per heavy atom. The molecule has 0 saturated heterocycles. The number of pyridine rings is 2. The molecule has 0 aliphatic rings. The van der Waals surface area contributed by atoms with Crippen LogP contribution >= 0.6 is 0 Å². The molecule has 0 radical (unpaired) electrons. The molecule has 3 rings (SSSR count). The smallest absolute Gasteiger partial charge is 0.166 e. The Kier molecular flexibility index (Phi) is 3.55. The fourth-order valence-electron chi connectivity index (χ4n) is 1.92. The van der Waals surface area contributed by atoms with Crippen molar-refractivity contribution in [1.82, 2.24) is 9.97 Å². The summed E-state index contributed by atoms with van der Waals surface area (Å²) in [7, 11) is 0. The number of benzene rings is 1. The highest BCUT2D eigenvalue weighted by Gasteiger charge is 2.09. The minimum atomic E-state index is -0.872. The summed E-state index contributed by atoms with van der Waals surface area (Å²) in [6.45, 7) is 0. The first kappa shape index (κ1) is 13.2. The van der Waals surface area contributed by atoms with Crippen LogP contribution < -0.4 is 5.32 Å². The van der Waals surface area contributed by atoms with Gasteiger partial charge < -0.3 is 5.32 Å². The van der Waals surface area contributed by atoms with Crippen molar-refractivity contribution >= 4 is 11.6 Å². The first-order valence-corrected chi connectivity index (χ1v) is 6.32. The number of halogens is 2. The zero-order valence-corrected chi connectivity index (χ0v) is 10.9. The lowest BCUT2D eigenvalue weighted by atomic mass is 10.1. The van der Waals surface area contributed by atoms with E-state index < -0.39 is 11.6 Å². The summed E-state index contributed by atoms with van der Waals surface area (Å²) >= 11 is 0. The Balaban J connectivity index is 1.86. The Morgan fingerprint density at radius 2 is 1.67 bits per heavy atom. The maximum Gasteiger partial charge on any atom is 0.166 e. The number of anilines is 2. The molecule has 3 nitrogen and oxygen atoms in total. The monoisotopic (exact) mass is 283 g/mol. The number of aromatic nitrogens is 2. The lowest BCUT2D eigenvalue weighted by Gasteiger charge is -2.07. The standard InChI is InChI=1S/C16H11F2N3/c17-13-5-3-4-12(16(13)18)11-7-8-15(20-10-11)21-14-6-1-2-9-19-14/h1-10H,(H,19,20,21). The second-order valence-electron chi connectivity index (χ2n) is 4.37. The van der Waals surface area contributed by atoms with Gasteiger partial charge in [-0.05, 0) is 30.3 Å². The van der Waals surface area contributed by atoms with Gasteiger partial charge in [-0.3, -0.25) is 0 Å². The highest BCUT2D eigenvalue weighted by atomic mass is 19.2. The van der Waals surface area contributed by atoms with Crippen LogP contribution in [0.5, 0.6) is 0 Å². The van der Waals surface area contributed by atoms with E-state index in [1.165, 1.54) is 18.3 Å². The van der Waals surface area contributed by atoms with Gasteiger partial charge in [0.25, 0.3) is 0 Å². The van der Waals surface area contributed by atoms with E-state index in [1.807, 2.05) is 18.2 Å². The fourth-order valence-corrected chi connectivity index (χ4v) is 1.92. The highest BCUT2D eigenvalue weighted by molar-refractivity contribution is 5.65. The zero-order valence-electron chi connectivity index (χ0n) is 10.9. The minimum absolute atomic E-state index is 0.187. The number of rotatable bonds is 3. The van der Waals surface area contributed by atoms with Gasteiger partial charge in [0, 0.05) is 23.5 Å². The highest BCUT2D eigenvalue weighted by Crippen LogP contribution is 2.24. The average Bonchev–Trinajstić information content (AvgIpc) is 2.52. The molecule has 0 saturated carbocycles. The van der Waals surface area contributed by atoms with Crippen molar-refractivity contribution in [3.05, 3.63) is 72.6 Å². The van der Waals surface area contributed by atoms with E-state index in [4.69, 9.17) is 0 Å². The quantitative estimate of drug-likeness (QED) is 0.784. The summed E-state index contributed by atoms with van der Waals surface area (Å²) in [6, 6.07) is 12.9. The molecule has 0 aliphatic carbocycles. The van der Waals surface area contributed by atoms with Gasteiger partial charge in [0.2, 0.25) is 0 Å². The molecule has 0 bridgehead atoms. The second-order valence-corrected chi connectivity index (χ2v) is 4.37. The molecular formula is C16H11F2N3. The third-order valence-corrected chi connectivity index (χ3v) is 2.95. The van der Waals surface area contributed by atoms with Gasteiger partial charge in [-0.2, -0.15) is 0 Å². The van der Waals surface area contributed by atoms with Crippen molar-refractivity contribution in [2.24, 2.45) is 0 Å². The molecule has 0 spiro atoms. The van der Waals surface area contributed by atoms with Gasteiger partial charge in [0.1, 0.15) is 11.6 Å². The number of hydrogen-bond donors (Lipinski definition) is 1. The normalized spacial score (nSPS) is 10.4. The van der Waals surface area contributed by atoms with E-state index in [1.54, 1.807) is 18.3 Å². The summed E-state index contributed by atoms with van der Waals surface area (Å²) in [5, 5.41) is 3.02. The van der Waals surface area contributed by atoms with Crippen LogP contribution in [0.3, 0.4) is 0 Å². The topological polar surface area (TPSA) is 37.8 Å². The SMILES string of the molecule is Fc1cccc(-c2ccc(Nc3ccccn3)nc2)c1F. The summed E-state index contributed by atoms with van der Waals surface area (Å²) in [6.07, 6.45) is 3.15. The van der Waals surface area contributed by atoms with Crippen molar-refractivity contribution in [3.8, 4) is 11.1 Å². The van der Waals surface area contributed by atoms with Crippen LogP contribution in [0.15, 0.2) is 60.9 Å². The van der Waals surface area contributed by atoms with Crippen LogP contribution in [0.25, 0.3) is 11.1 Å². The zero-order chi connectivity index (χ0) is 14.7. The fraction of sp³-hybridized carbons (Fsp3) is 0. The maximum atomic E-state index is 13.7. The average molecular weight is 283 g/mol. The maximum absolute atomic E-state index is 13.7. The predicted octanol–water partition coefficient (Wildman–Crippen LogP) is 4.17. The van der Waals surface area contributed by atoms with E-state index in [0.29, 0.717) is 17.2 Å². The molecule has 0 amide bonds. The molecule has 2 aromatic heterocycles. The van der Waals surface area contributed by atoms with E-state index in [-0.39, 0.29) is 5.56 Å². The molecule has 3 aromatic rings. The molecule has 2 heterocycles. The van der Waals surface area contributed by atoms with Crippen molar-refractivity contribution in [1.29, 1.82) is 0 Å². The van der Waals surface area contributed by atoms with Crippen molar-refractivity contribution in [2.75, 3.05) is 5.32 Å². The van der Waals surface area contributed by atoms with Crippen molar-refractivity contribution in [3.63, 3.8) is 0 Å². The lowest BCUT2D eigenvalue weighted by molar-refractivity contribution is 0.511. The van der Waals surface area contributed by atoms with Crippen molar-refractivity contribution in [2.45, 2.75) is 0 Å². The molecule has 0 unspecified atom stereocenters. The molecular weight excluding hydrogens is 272 g/mol. The molecule has 1 aromatic carbocycles. The minimum Gasteiger partial charge on any atom is -0.325 e. The van der Waals surface area contributed by atoms with Crippen LogP contribution in [-0.2, 0) is 0 Å². The number of hydrogen-bond acceptors (Lipinski definition) is 3. The summed E-state index contributed by atoms with van der Waals surface area (Å²) in [5.74, 6) is -0.503. The molecule has 5 heteroatoms. The largest absolute Gasteiger partial charge is 0.325 e. The Labute approximate surface area is 120 Å². The molecule has 0 atom stereocenters. The van der Waals surface area contributed by atoms with Crippen molar-refractivity contribution < 1.29 is 8.78 Å². The van der Waals surface area contributed by atoms with Crippen LogP contribution in [0.2, 0.25) is 0 Å². The summed E-state index contributed by atoms with van der Waals surface area (Å²) in [5.41, 5.74) is 0.699. The Bertz CT molecular complexity index is 743. The van der Waals surface area contributed by atoms with Crippen LogP contribution in [0.1, 0.15) is 0 Å². The van der Waals surface area contributed by atoms with E-state index in [9.17, 15) is 8.78 Å². The van der Waals surface area contributed by atoms with Gasteiger partial charge in [-0.25, -0.2) is 18.7 Å². The Hall–Kier alpha value is -2.82. The van der Waals surface area contributed by atoms with Gasteiger partial charge in [0.15, 0.2) is 11.6 Å². The lowest BCUT2D eigenvalue weighted by Crippen LogP contribution is -1.96. The third kappa shape index (κ3) is 2.86. The third-order valence-electron chi connectivity index (χ3n) is 2.95. The first-order chi connectivity index (χ1) is 10.2. The van der Waals surface area contributed by atoms with Crippen LogP contribution in [0.4, 0.5) is 20.4 Å². The first-order valence-electron chi connectivity index (χ1n) is 6.32. The molecule has 0 fully saturated rings. The molecule has 0 aliphatic heterocycles. The van der Waals surface area contributed by atoms with Gasteiger partial charge in [-0.15, -0.1) is 0 Å². The predicted molar refractivity (Wildman–Crippen MR) is 77.1 cm³/mol. The summed E-state index contributed by atoms with van der Waals surface area (Å²) in [4.78, 5) is 8.30. The molecule has 1 N–H and O–H groups in total. The molecule has 21 heavy (non-hydrogen) atoms. The van der Waals surface area contributed by atoms with Gasteiger partial charge in [-0.1, -0.05) is 18.2 Å². The van der Waals surface area contributed by atoms with Gasteiger partial charge >= 0.3 is 0 Å². The van der Waals surface area contributed by atoms with Gasteiger partial charge in [0.05, 0.1) is 0 Å². The van der Waals surface area contributed by atoms with E-state index in [0.717, 1.165) is 6.07 Å². The van der Waals surface area contributed by atoms with E-state index >= 15 is 0 Å². The van der Waals surface area contributed by atoms with E-state index in [2.05, 4.69) is 15.3 Å². The van der Waals surface area contributed by atoms with Crippen LogP contribution in [-0.4, -0.2) is 9.97 Å². The number of nitrogens with zero attached hydrogens (tertiary/aromatic N) is 2. The second kappa shape index (κ2) is 5.66. The number of nitrogens with one attached hydrogen (secondary N) is 1. The summed E-state index contributed by atoms with van der Waals surface area (Å²) < 4.78 is 26.9. The molecule has 104 valence electrons. The van der Waals surface area contributed by atoms with Crippen LogP contribution in [0, 0.1) is 11.6 Å².